The van der Waals surface area contributed by atoms with E-state index < -0.39 is 5.60 Å². The summed E-state index contributed by atoms with van der Waals surface area (Å²) in [6.07, 6.45) is 0.500. The van der Waals surface area contributed by atoms with Gasteiger partial charge in [-0.1, -0.05) is 0 Å². The van der Waals surface area contributed by atoms with Crippen LogP contribution in [0.4, 0.5) is 0 Å². The van der Waals surface area contributed by atoms with Crippen LogP contribution in [-0.4, -0.2) is 17.0 Å². The van der Waals surface area contributed by atoms with Crippen LogP contribution in [0.3, 0.4) is 0 Å². The fourth-order valence-electron chi connectivity index (χ4n) is 0. The SMILES string of the molecule is CC(C)(C)O.[CH2-]C=O.[Zn]. The fraction of sp³-hybridized carbons (Fsp3) is 0.667. The molecule has 0 fully saturated rings. The number of aliphatic hydroxyl groups is 1. The first-order chi connectivity index (χ1) is 3.41. The van der Waals surface area contributed by atoms with Crippen molar-refractivity contribution in [1.82, 2.24) is 0 Å². The minimum atomic E-state index is -0.500. The first-order valence-electron chi connectivity index (χ1n) is 2.37. The number of hydrogen-bond acceptors (Lipinski definition) is 2. The van der Waals surface area contributed by atoms with Gasteiger partial charge in [-0.15, -0.1) is 0 Å². The zero-order valence-electron chi connectivity index (χ0n) is 6.35. The second-order valence-electron chi connectivity index (χ2n) is 2.34. The normalized spacial score (nSPS) is 8.00. The van der Waals surface area contributed by atoms with E-state index in [9.17, 15) is 0 Å². The van der Waals surface area contributed by atoms with Gasteiger partial charge in [0.15, 0.2) is 0 Å². The van der Waals surface area contributed by atoms with Gasteiger partial charge in [-0.2, -0.15) is 0 Å². The van der Waals surface area contributed by atoms with Crippen LogP contribution < -0.4 is 0 Å². The van der Waals surface area contributed by atoms with E-state index >= 15 is 0 Å². The van der Waals surface area contributed by atoms with Crippen molar-refractivity contribution in [2.24, 2.45) is 0 Å². The molecule has 0 rings (SSSR count). The van der Waals surface area contributed by atoms with Gasteiger partial charge in [0, 0.05) is 19.5 Å². The summed E-state index contributed by atoms with van der Waals surface area (Å²) in [6, 6.07) is 0. The van der Waals surface area contributed by atoms with E-state index in [1.807, 2.05) is 0 Å². The van der Waals surface area contributed by atoms with Gasteiger partial charge in [-0.05, 0) is 27.1 Å². The summed E-state index contributed by atoms with van der Waals surface area (Å²) in [4.78, 5) is 8.69. The molecule has 0 aliphatic carbocycles. The molecule has 0 aromatic rings. The number of hydrogen-bond donors (Lipinski definition) is 1. The molecule has 52 valence electrons. The van der Waals surface area contributed by atoms with Crippen molar-refractivity contribution < 1.29 is 29.4 Å². The van der Waals surface area contributed by atoms with Crippen molar-refractivity contribution >= 4 is 6.29 Å². The molecule has 1 N–H and O–H groups in total. The molecule has 0 saturated carbocycles. The molecule has 0 radical (unpaired) electrons. The van der Waals surface area contributed by atoms with Gasteiger partial charge in [0.2, 0.25) is 0 Å². The molecule has 0 heterocycles. The van der Waals surface area contributed by atoms with E-state index in [0.717, 1.165) is 0 Å². The third-order valence-electron chi connectivity index (χ3n) is 0. The molecule has 2 nitrogen and oxygen atoms in total. The largest absolute Gasteiger partial charge is 0.391 e. The summed E-state index contributed by atoms with van der Waals surface area (Å²) in [5, 5.41) is 8.52. The molecule has 9 heavy (non-hydrogen) atoms. The molecule has 0 aliphatic heterocycles. The average molecular weight is 183 g/mol. The zero-order chi connectivity index (χ0) is 7.21. The van der Waals surface area contributed by atoms with Gasteiger partial charge in [0.25, 0.3) is 0 Å². The Bertz CT molecular complexity index is 50.6. The van der Waals surface area contributed by atoms with Gasteiger partial charge in [0.1, 0.15) is 0 Å². The van der Waals surface area contributed by atoms with Crippen LogP contribution in [0.25, 0.3) is 0 Å². The topological polar surface area (TPSA) is 37.3 Å². The molecule has 0 saturated heterocycles. The fourth-order valence-corrected chi connectivity index (χ4v) is 0. The third-order valence-corrected chi connectivity index (χ3v) is 0. The van der Waals surface area contributed by atoms with Crippen molar-refractivity contribution in [3.8, 4) is 0 Å². The number of rotatable bonds is 0. The van der Waals surface area contributed by atoms with Crippen LogP contribution in [0.1, 0.15) is 20.8 Å². The van der Waals surface area contributed by atoms with E-state index in [1.54, 1.807) is 20.8 Å². The Morgan fingerprint density at radius 2 is 1.44 bits per heavy atom. The molecule has 0 atom stereocenters. The summed E-state index contributed by atoms with van der Waals surface area (Å²) in [6.45, 7) is 8.03. The Kier molecular flexibility index (Phi) is 14.5. The smallest absolute Gasteiger partial charge is 0.0563 e. The van der Waals surface area contributed by atoms with Crippen molar-refractivity contribution in [2.75, 3.05) is 0 Å². The average Bonchev–Trinajstić information content (AvgIpc) is 1.27. The molecular weight excluding hydrogens is 169 g/mol. The molecule has 0 bridgehead atoms. The molecule has 0 aromatic heterocycles. The summed E-state index contributed by atoms with van der Waals surface area (Å²) in [5.74, 6) is 0. The molecule has 0 unspecified atom stereocenters. The number of carbonyl (C=O) groups is 1. The second kappa shape index (κ2) is 8.12. The second-order valence-corrected chi connectivity index (χ2v) is 2.34. The molecule has 0 amide bonds. The maximum atomic E-state index is 8.69. The monoisotopic (exact) mass is 181 g/mol. The van der Waals surface area contributed by atoms with Crippen molar-refractivity contribution in [1.29, 1.82) is 0 Å². The number of carbonyl (C=O) groups excluding carboxylic acids is 1. The summed E-state index contributed by atoms with van der Waals surface area (Å²) in [5.41, 5.74) is -0.500. The van der Waals surface area contributed by atoms with E-state index in [2.05, 4.69) is 6.92 Å². The van der Waals surface area contributed by atoms with Crippen molar-refractivity contribution in [3.05, 3.63) is 6.92 Å². The van der Waals surface area contributed by atoms with E-state index in [0.29, 0.717) is 6.29 Å². The minimum Gasteiger partial charge on any atom is -0.391 e. The predicted molar refractivity (Wildman–Crippen MR) is 33.4 cm³/mol. The Morgan fingerprint density at radius 3 is 1.44 bits per heavy atom. The maximum absolute atomic E-state index is 8.69. The Hall–Kier alpha value is 0.123. The first kappa shape index (κ1) is 16.1. The van der Waals surface area contributed by atoms with Crippen molar-refractivity contribution in [2.45, 2.75) is 26.4 Å². The summed E-state index contributed by atoms with van der Waals surface area (Å²) < 4.78 is 0. The van der Waals surface area contributed by atoms with Crippen molar-refractivity contribution in [3.63, 3.8) is 0 Å². The first-order valence-corrected chi connectivity index (χ1v) is 2.37. The summed E-state index contributed by atoms with van der Waals surface area (Å²) >= 11 is 0. The van der Waals surface area contributed by atoms with Crippen LogP contribution in [0, 0.1) is 6.92 Å². The van der Waals surface area contributed by atoms with Gasteiger partial charge < -0.3 is 16.8 Å². The standard InChI is InChI=1S/C4H10O.C2H3O.Zn/c1-4(2,3)5;1-2-3;/h5H,1-3H3;2H,1H2;/q;-1;. The van der Waals surface area contributed by atoms with Gasteiger partial charge in [-0.25, -0.2) is 0 Å². The Balaban J connectivity index is -0.0000000800. The summed E-state index contributed by atoms with van der Waals surface area (Å²) in [7, 11) is 0. The maximum Gasteiger partial charge on any atom is 0.0563 e. The van der Waals surface area contributed by atoms with E-state index in [1.165, 1.54) is 0 Å². The van der Waals surface area contributed by atoms with Crippen LogP contribution in [0.15, 0.2) is 0 Å². The quantitative estimate of drug-likeness (QED) is 0.342. The third kappa shape index (κ3) is 20000. The Morgan fingerprint density at radius 1 is 1.44 bits per heavy atom. The van der Waals surface area contributed by atoms with E-state index in [-0.39, 0.29) is 19.5 Å². The van der Waals surface area contributed by atoms with Gasteiger partial charge in [0.05, 0.1) is 5.60 Å². The van der Waals surface area contributed by atoms with Crippen LogP contribution in [0.2, 0.25) is 0 Å². The minimum absolute atomic E-state index is 0. The predicted octanol–water partition coefficient (Wildman–Crippen LogP) is 0.794. The Labute approximate surface area is 69.4 Å². The number of aldehydes is 1. The van der Waals surface area contributed by atoms with Gasteiger partial charge >= 0.3 is 0 Å². The zero-order valence-corrected chi connectivity index (χ0v) is 9.31. The van der Waals surface area contributed by atoms with E-state index in [4.69, 9.17) is 9.90 Å². The van der Waals surface area contributed by atoms with Crippen LogP contribution in [-0.2, 0) is 24.3 Å². The molecule has 0 aliphatic rings. The van der Waals surface area contributed by atoms with Crippen LogP contribution in [0.5, 0.6) is 0 Å². The van der Waals surface area contributed by atoms with Crippen LogP contribution >= 0.6 is 0 Å². The van der Waals surface area contributed by atoms with Gasteiger partial charge in [-0.3, -0.25) is 0 Å². The molecule has 3 heteroatoms. The molecule has 0 spiro atoms. The molecule has 0 aromatic carbocycles. The molecular formula is C6H13O2Zn-.